The zero-order valence-electron chi connectivity index (χ0n) is 9.02. The van der Waals surface area contributed by atoms with Crippen molar-refractivity contribution >= 4 is 0 Å². The Morgan fingerprint density at radius 1 is 1.19 bits per heavy atom. The molecule has 0 spiro atoms. The molecule has 0 saturated carbocycles. The average Bonchev–Trinajstić information content (AvgIpc) is 2.75. The number of nitrogens with two attached hydrogens (primary N) is 1. The van der Waals surface area contributed by atoms with Gasteiger partial charge >= 0.3 is 0 Å². The molecule has 2 unspecified atom stereocenters. The van der Waals surface area contributed by atoms with Crippen LogP contribution in [0, 0.1) is 0 Å². The molecule has 1 fully saturated rings. The predicted octanol–water partition coefficient (Wildman–Crippen LogP) is 1.59. The summed E-state index contributed by atoms with van der Waals surface area (Å²) in [6.07, 6.45) is 1.92. The van der Waals surface area contributed by atoms with Crippen LogP contribution in [0.25, 0.3) is 0 Å². The Bertz CT molecular complexity index is 394. The van der Waals surface area contributed by atoms with Crippen LogP contribution in [0.15, 0.2) is 18.2 Å². The highest BCUT2D eigenvalue weighted by Crippen LogP contribution is 2.36. The molecular formula is C12H15NO3. The van der Waals surface area contributed by atoms with Crippen LogP contribution < -0.4 is 15.2 Å². The van der Waals surface area contributed by atoms with Crippen molar-refractivity contribution in [1.29, 1.82) is 0 Å². The van der Waals surface area contributed by atoms with Gasteiger partial charge in [0, 0.05) is 12.6 Å². The maximum atomic E-state index is 5.94. The summed E-state index contributed by atoms with van der Waals surface area (Å²) in [5.74, 6) is 1.61. The normalized spacial score (nSPS) is 28.1. The summed E-state index contributed by atoms with van der Waals surface area (Å²) < 4.78 is 16.3. The average molecular weight is 221 g/mol. The molecule has 0 aliphatic carbocycles. The molecule has 1 saturated heterocycles. The standard InChI is InChI=1S/C12H15NO3/c13-9-3-4-14-11(6-9)8-1-2-10-12(5-8)16-7-15-10/h1-2,5,9,11H,3-4,6-7,13H2. The van der Waals surface area contributed by atoms with Crippen LogP contribution in [0.1, 0.15) is 24.5 Å². The Hall–Kier alpha value is -1.26. The summed E-state index contributed by atoms with van der Waals surface area (Å²) in [6.45, 7) is 1.05. The zero-order chi connectivity index (χ0) is 11.0. The van der Waals surface area contributed by atoms with E-state index in [4.69, 9.17) is 19.9 Å². The number of benzene rings is 1. The molecule has 4 nitrogen and oxygen atoms in total. The van der Waals surface area contributed by atoms with E-state index in [1.807, 2.05) is 18.2 Å². The highest BCUT2D eigenvalue weighted by atomic mass is 16.7. The fraction of sp³-hybridized carbons (Fsp3) is 0.500. The van der Waals surface area contributed by atoms with Gasteiger partial charge in [0.15, 0.2) is 11.5 Å². The molecule has 1 aromatic rings. The first-order valence-corrected chi connectivity index (χ1v) is 5.59. The van der Waals surface area contributed by atoms with E-state index in [0.717, 1.165) is 36.5 Å². The smallest absolute Gasteiger partial charge is 0.231 e. The highest BCUT2D eigenvalue weighted by Gasteiger charge is 2.23. The molecule has 0 aromatic heterocycles. The van der Waals surface area contributed by atoms with Gasteiger partial charge in [0.1, 0.15) is 0 Å². The lowest BCUT2D eigenvalue weighted by Gasteiger charge is -2.27. The van der Waals surface area contributed by atoms with Gasteiger partial charge in [0.2, 0.25) is 6.79 Å². The fourth-order valence-corrected chi connectivity index (χ4v) is 2.17. The Balaban J connectivity index is 1.83. The first-order valence-electron chi connectivity index (χ1n) is 5.59. The maximum absolute atomic E-state index is 5.94. The van der Waals surface area contributed by atoms with Gasteiger partial charge in [0.05, 0.1) is 6.10 Å². The Morgan fingerprint density at radius 2 is 2.06 bits per heavy atom. The Labute approximate surface area is 94.3 Å². The molecule has 2 aliphatic rings. The van der Waals surface area contributed by atoms with Crippen molar-refractivity contribution in [2.75, 3.05) is 13.4 Å². The van der Waals surface area contributed by atoms with Crippen LogP contribution in [-0.4, -0.2) is 19.4 Å². The van der Waals surface area contributed by atoms with Gasteiger partial charge in [-0.15, -0.1) is 0 Å². The maximum Gasteiger partial charge on any atom is 0.231 e. The van der Waals surface area contributed by atoms with E-state index < -0.39 is 0 Å². The lowest BCUT2D eigenvalue weighted by molar-refractivity contribution is 0.00658. The van der Waals surface area contributed by atoms with Crippen LogP contribution in [0.3, 0.4) is 0 Å². The molecule has 1 aromatic carbocycles. The summed E-state index contributed by atoms with van der Waals surface area (Å²) in [5, 5.41) is 0. The van der Waals surface area contributed by atoms with E-state index in [1.54, 1.807) is 0 Å². The second-order valence-corrected chi connectivity index (χ2v) is 4.26. The van der Waals surface area contributed by atoms with Gasteiger partial charge in [-0.05, 0) is 30.5 Å². The predicted molar refractivity (Wildman–Crippen MR) is 58.5 cm³/mol. The summed E-state index contributed by atoms with van der Waals surface area (Å²) in [7, 11) is 0. The second kappa shape index (κ2) is 3.96. The molecule has 2 aliphatic heterocycles. The van der Waals surface area contributed by atoms with Crippen LogP contribution in [-0.2, 0) is 4.74 Å². The van der Waals surface area contributed by atoms with Crippen molar-refractivity contribution in [1.82, 2.24) is 0 Å². The molecule has 0 radical (unpaired) electrons. The number of rotatable bonds is 1. The van der Waals surface area contributed by atoms with Gasteiger partial charge in [-0.2, -0.15) is 0 Å². The summed E-state index contributed by atoms with van der Waals surface area (Å²) >= 11 is 0. The van der Waals surface area contributed by atoms with Crippen LogP contribution in [0.2, 0.25) is 0 Å². The molecule has 0 bridgehead atoms. The van der Waals surface area contributed by atoms with Crippen LogP contribution in [0.4, 0.5) is 0 Å². The number of hydrogen-bond acceptors (Lipinski definition) is 4. The van der Waals surface area contributed by atoms with E-state index in [-0.39, 0.29) is 12.1 Å². The van der Waals surface area contributed by atoms with E-state index in [1.165, 1.54) is 0 Å². The Morgan fingerprint density at radius 3 is 2.94 bits per heavy atom. The summed E-state index contributed by atoms with van der Waals surface area (Å²) in [6, 6.07) is 6.19. The topological polar surface area (TPSA) is 53.7 Å². The SMILES string of the molecule is NC1CCOC(c2ccc3c(c2)OCO3)C1. The van der Waals surface area contributed by atoms with Crippen molar-refractivity contribution in [3.05, 3.63) is 23.8 Å². The third-order valence-corrected chi connectivity index (χ3v) is 3.09. The molecule has 0 amide bonds. The van der Waals surface area contributed by atoms with Crippen molar-refractivity contribution in [3.63, 3.8) is 0 Å². The van der Waals surface area contributed by atoms with E-state index in [9.17, 15) is 0 Å². The minimum absolute atomic E-state index is 0.0956. The van der Waals surface area contributed by atoms with E-state index in [0.29, 0.717) is 6.79 Å². The minimum Gasteiger partial charge on any atom is -0.454 e. The molecule has 2 heterocycles. The van der Waals surface area contributed by atoms with Gasteiger partial charge in [-0.1, -0.05) is 6.07 Å². The van der Waals surface area contributed by atoms with E-state index >= 15 is 0 Å². The fourth-order valence-electron chi connectivity index (χ4n) is 2.17. The molecule has 16 heavy (non-hydrogen) atoms. The molecule has 2 atom stereocenters. The van der Waals surface area contributed by atoms with Crippen LogP contribution in [0.5, 0.6) is 11.5 Å². The van der Waals surface area contributed by atoms with Crippen LogP contribution >= 0.6 is 0 Å². The van der Waals surface area contributed by atoms with Gasteiger partial charge in [-0.3, -0.25) is 0 Å². The first-order chi connectivity index (χ1) is 7.83. The van der Waals surface area contributed by atoms with E-state index in [2.05, 4.69) is 0 Å². The third kappa shape index (κ3) is 1.74. The van der Waals surface area contributed by atoms with Gasteiger partial charge < -0.3 is 19.9 Å². The number of ether oxygens (including phenoxy) is 3. The minimum atomic E-state index is 0.0956. The second-order valence-electron chi connectivity index (χ2n) is 4.26. The van der Waals surface area contributed by atoms with Crippen molar-refractivity contribution in [2.24, 2.45) is 5.73 Å². The number of fused-ring (bicyclic) bond motifs is 1. The monoisotopic (exact) mass is 221 g/mol. The largest absolute Gasteiger partial charge is 0.454 e. The lowest BCUT2D eigenvalue weighted by atomic mass is 9.98. The van der Waals surface area contributed by atoms with Gasteiger partial charge in [-0.25, -0.2) is 0 Å². The third-order valence-electron chi connectivity index (χ3n) is 3.09. The van der Waals surface area contributed by atoms with Crippen molar-refractivity contribution in [2.45, 2.75) is 25.0 Å². The van der Waals surface area contributed by atoms with Crippen molar-refractivity contribution < 1.29 is 14.2 Å². The summed E-state index contributed by atoms with van der Waals surface area (Å²) in [5.41, 5.74) is 7.06. The Kier molecular flexibility index (Phi) is 2.46. The molecule has 4 heteroatoms. The molecule has 2 N–H and O–H groups in total. The molecule has 86 valence electrons. The molecule has 3 rings (SSSR count). The molecular weight excluding hydrogens is 206 g/mol. The zero-order valence-corrected chi connectivity index (χ0v) is 9.02. The lowest BCUT2D eigenvalue weighted by Crippen LogP contribution is -2.30. The summed E-state index contributed by atoms with van der Waals surface area (Å²) in [4.78, 5) is 0. The first kappa shape index (κ1) is 9.93. The number of hydrogen-bond donors (Lipinski definition) is 1. The highest BCUT2D eigenvalue weighted by molar-refractivity contribution is 5.45. The quantitative estimate of drug-likeness (QED) is 0.782. The van der Waals surface area contributed by atoms with Crippen molar-refractivity contribution in [3.8, 4) is 11.5 Å². The van der Waals surface area contributed by atoms with Gasteiger partial charge in [0.25, 0.3) is 0 Å².